The van der Waals surface area contributed by atoms with Gasteiger partial charge >= 0.3 is 0 Å². The molecule has 0 aromatic carbocycles. The molecule has 1 heterocycles. The molecule has 0 saturated heterocycles. The van der Waals surface area contributed by atoms with E-state index in [1.165, 1.54) is 30.6 Å². The van der Waals surface area contributed by atoms with Crippen molar-refractivity contribution >= 4 is 0 Å². The van der Waals surface area contributed by atoms with Crippen molar-refractivity contribution < 1.29 is 4.42 Å². The van der Waals surface area contributed by atoms with Gasteiger partial charge in [0, 0.05) is 6.42 Å². The zero-order chi connectivity index (χ0) is 8.10. The maximum Gasteiger partial charge on any atom is 0.106 e. The first kappa shape index (κ1) is 8.38. The SMILES string of the molecule is CC.c1cc2c(o1)CCCC2. The molecule has 0 saturated carbocycles. The topological polar surface area (TPSA) is 13.1 Å². The van der Waals surface area contributed by atoms with Gasteiger partial charge in [-0.15, -0.1) is 0 Å². The largest absolute Gasteiger partial charge is 0.469 e. The Hall–Kier alpha value is -0.720. The van der Waals surface area contributed by atoms with Gasteiger partial charge in [0.2, 0.25) is 0 Å². The van der Waals surface area contributed by atoms with Crippen LogP contribution in [0.4, 0.5) is 0 Å². The van der Waals surface area contributed by atoms with Crippen LogP contribution in [0.15, 0.2) is 16.7 Å². The molecule has 2 rings (SSSR count). The smallest absolute Gasteiger partial charge is 0.106 e. The highest BCUT2D eigenvalue weighted by Gasteiger charge is 2.10. The molecule has 1 aromatic heterocycles. The molecule has 0 atom stereocenters. The summed E-state index contributed by atoms with van der Waals surface area (Å²) in [7, 11) is 0. The van der Waals surface area contributed by atoms with Crippen LogP contribution in [-0.2, 0) is 12.8 Å². The first-order valence-corrected chi connectivity index (χ1v) is 4.52. The van der Waals surface area contributed by atoms with Crippen LogP contribution < -0.4 is 0 Å². The van der Waals surface area contributed by atoms with Crippen LogP contribution in [0.3, 0.4) is 0 Å². The third-order valence-electron chi connectivity index (χ3n) is 1.94. The number of fused-ring (bicyclic) bond motifs is 1. The number of aryl methyl sites for hydroxylation is 2. The molecule has 1 aromatic rings. The number of hydrogen-bond donors (Lipinski definition) is 0. The van der Waals surface area contributed by atoms with E-state index in [0.717, 1.165) is 6.42 Å². The van der Waals surface area contributed by atoms with Crippen molar-refractivity contribution in [2.45, 2.75) is 39.5 Å². The molecule has 0 N–H and O–H groups in total. The molecule has 1 nitrogen and oxygen atoms in total. The van der Waals surface area contributed by atoms with Gasteiger partial charge in [-0.1, -0.05) is 13.8 Å². The average molecular weight is 152 g/mol. The molecule has 11 heavy (non-hydrogen) atoms. The Balaban J connectivity index is 0.000000281. The van der Waals surface area contributed by atoms with Gasteiger partial charge in [-0.3, -0.25) is 0 Å². The summed E-state index contributed by atoms with van der Waals surface area (Å²) in [5.41, 5.74) is 1.43. The van der Waals surface area contributed by atoms with E-state index < -0.39 is 0 Å². The van der Waals surface area contributed by atoms with Crippen LogP contribution in [-0.4, -0.2) is 0 Å². The van der Waals surface area contributed by atoms with Gasteiger partial charge in [-0.05, 0) is 30.9 Å². The van der Waals surface area contributed by atoms with Crippen molar-refractivity contribution in [2.75, 3.05) is 0 Å². The van der Waals surface area contributed by atoms with E-state index in [-0.39, 0.29) is 0 Å². The zero-order valence-corrected chi connectivity index (χ0v) is 7.39. The van der Waals surface area contributed by atoms with Crippen molar-refractivity contribution in [2.24, 2.45) is 0 Å². The van der Waals surface area contributed by atoms with Gasteiger partial charge in [0.25, 0.3) is 0 Å². The Morgan fingerprint density at radius 2 is 1.91 bits per heavy atom. The fraction of sp³-hybridized carbons (Fsp3) is 0.600. The second-order valence-electron chi connectivity index (χ2n) is 2.58. The van der Waals surface area contributed by atoms with Crippen molar-refractivity contribution in [3.8, 4) is 0 Å². The summed E-state index contributed by atoms with van der Waals surface area (Å²) in [6.45, 7) is 4.00. The van der Waals surface area contributed by atoms with Crippen LogP contribution in [0, 0.1) is 0 Å². The molecule has 1 aliphatic carbocycles. The van der Waals surface area contributed by atoms with Crippen molar-refractivity contribution in [1.82, 2.24) is 0 Å². The van der Waals surface area contributed by atoms with Gasteiger partial charge in [-0.2, -0.15) is 0 Å². The van der Waals surface area contributed by atoms with Crippen molar-refractivity contribution in [3.05, 3.63) is 23.7 Å². The maximum atomic E-state index is 5.26. The number of rotatable bonds is 0. The minimum atomic E-state index is 1.16. The van der Waals surface area contributed by atoms with Crippen molar-refractivity contribution in [3.63, 3.8) is 0 Å². The second-order valence-corrected chi connectivity index (χ2v) is 2.58. The third kappa shape index (κ3) is 1.86. The molecule has 0 fully saturated rings. The third-order valence-corrected chi connectivity index (χ3v) is 1.94. The normalized spacial score (nSPS) is 14.7. The lowest BCUT2D eigenvalue weighted by atomic mass is 9.99. The number of furan rings is 1. The Kier molecular flexibility index (Phi) is 3.21. The van der Waals surface area contributed by atoms with Gasteiger partial charge in [0.15, 0.2) is 0 Å². The number of hydrogen-bond acceptors (Lipinski definition) is 1. The predicted octanol–water partition coefficient (Wildman–Crippen LogP) is 3.18. The molecular formula is C10H16O. The molecule has 0 radical (unpaired) electrons. The first-order chi connectivity index (χ1) is 5.47. The van der Waals surface area contributed by atoms with Crippen LogP contribution >= 0.6 is 0 Å². The molecule has 62 valence electrons. The van der Waals surface area contributed by atoms with Gasteiger partial charge in [0.1, 0.15) is 5.76 Å². The molecule has 0 amide bonds. The second kappa shape index (κ2) is 4.22. The summed E-state index contributed by atoms with van der Waals surface area (Å²) >= 11 is 0. The minimum Gasteiger partial charge on any atom is -0.469 e. The zero-order valence-electron chi connectivity index (χ0n) is 7.39. The molecule has 0 unspecified atom stereocenters. The Morgan fingerprint density at radius 1 is 1.18 bits per heavy atom. The summed E-state index contributed by atoms with van der Waals surface area (Å²) in [5, 5.41) is 0. The summed E-state index contributed by atoms with van der Waals surface area (Å²) in [6.07, 6.45) is 6.83. The summed E-state index contributed by atoms with van der Waals surface area (Å²) in [6, 6.07) is 2.09. The molecule has 0 aliphatic heterocycles. The highest BCUT2D eigenvalue weighted by molar-refractivity contribution is 5.19. The van der Waals surface area contributed by atoms with E-state index >= 15 is 0 Å². The molecule has 1 heteroatoms. The Bertz CT molecular complexity index is 180. The highest BCUT2D eigenvalue weighted by atomic mass is 16.3. The van der Waals surface area contributed by atoms with E-state index in [4.69, 9.17) is 4.42 Å². The summed E-state index contributed by atoms with van der Waals surface area (Å²) in [4.78, 5) is 0. The standard InChI is InChI=1S/C8H10O.C2H6/c1-2-4-8-7(3-1)5-6-9-8;1-2/h5-6H,1-4H2;1-2H3. The minimum absolute atomic E-state index is 1.16. The van der Waals surface area contributed by atoms with Crippen LogP contribution in [0.2, 0.25) is 0 Å². The summed E-state index contributed by atoms with van der Waals surface area (Å²) < 4.78 is 5.26. The fourth-order valence-corrected chi connectivity index (χ4v) is 1.41. The van der Waals surface area contributed by atoms with Crippen molar-refractivity contribution in [1.29, 1.82) is 0 Å². The highest BCUT2D eigenvalue weighted by Crippen LogP contribution is 2.20. The van der Waals surface area contributed by atoms with Gasteiger partial charge < -0.3 is 4.42 Å². The van der Waals surface area contributed by atoms with E-state index in [0.29, 0.717) is 0 Å². The average Bonchev–Trinajstić information content (AvgIpc) is 2.55. The van der Waals surface area contributed by atoms with Crippen LogP contribution in [0.5, 0.6) is 0 Å². The van der Waals surface area contributed by atoms with Crippen LogP contribution in [0.1, 0.15) is 38.0 Å². The molecular weight excluding hydrogens is 136 g/mol. The lowest BCUT2D eigenvalue weighted by molar-refractivity contribution is 0.478. The van der Waals surface area contributed by atoms with E-state index in [2.05, 4.69) is 6.07 Å². The molecule has 1 aliphatic rings. The maximum absolute atomic E-state index is 5.26. The fourth-order valence-electron chi connectivity index (χ4n) is 1.41. The van der Waals surface area contributed by atoms with E-state index in [9.17, 15) is 0 Å². The summed E-state index contributed by atoms with van der Waals surface area (Å²) in [5.74, 6) is 1.22. The quantitative estimate of drug-likeness (QED) is 0.556. The Labute approximate surface area is 68.4 Å². The van der Waals surface area contributed by atoms with E-state index in [1.54, 1.807) is 6.26 Å². The van der Waals surface area contributed by atoms with Gasteiger partial charge in [-0.25, -0.2) is 0 Å². The van der Waals surface area contributed by atoms with E-state index in [1.807, 2.05) is 13.8 Å². The Morgan fingerprint density at radius 3 is 2.64 bits per heavy atom. The molecule has 0 spiro atoms. The first-order valence-electron chi connectivity index (χ1n) is 4.52. The lowest BCUT2D eigenvalue weighted by Crippen LogP contribution is -1.97. The predicted molar refractivity (Wildman–Crippen MR) is 46.7 cm³/mol. The monoisotopic (exact) mass is 152 g/mol. The lowest BCUT2D eigenvalue weighted by Gasteiger charge is -2.07. The van der Waals surface area contributed by atoms with Crippen LogP contribution in [0.25, 0.3) is 0 Å². The molecule has 0 bridgehead atoms. The van der Waals surface area contributed by atoms with Gasteiger partial charge in [0.05, 0.1) is 6.26 Å².